The van der Waals surface area contributed by atoms with E-state index in [1.165, 1.54) is 5.56 Å². The summed E-state index contributed by atoms with van der Waals surface area (Å²) in [4.78, 5) is 11.5. The first-order chi connectivity index (χ1) is 14.3. The zero-order valence-electron chi connectivity index (χ0n) is 17.5. The van der Waals surface area contributed by atoms with Crippen LogP contribution in [0.25, 0.3) is 10.2 Å². The number of aryl methyl sites for hydroxylation is 2. The second-order valence-electron chi connectivity index (χ2n) is 7.89. The van der Waals surface area contributed by atoms with Gasteiger partial charge < -0.3 is 5.32 Å². The van der Waals surface area contributed by atoms with Crippen LogP contribution in [0.5, 0.6) is 0 Å². The molecule has 0 spiro atoms. The number of benzene rings is 1. The summed E-state index contributed by atoms with van der Waals surface area (Å²) in [7, 11) is -3.43. The summed E-state index contributed by atoms with van der Waals surface area (Å²) in [6.07, 6.45) is 1.60. The average molecular weight is 446 g/mol. The predicted molar refractivity (Wildman–Crippen MR) is 122 cm³/mol. The molecule has 160 valence electrons. The fraction of sp³-hybridized carbons (Fsp3) is 0.429. The van der Waals surface area contributed by atoms with E-state index in [0.717, 1.165) is 28.1 Å². The molecule has 2 aromatic heterocycles. The van der Waals surface area contributed by atoms with Gasteiger partial charge in [0.15, 0.2) is 0 Å². The Kier molecular flexibility index (Phi) is 6.06. The highest BCUT2D eigenvalue weighted by Crippen LogP contribution is 2.29. The number of piperazine rings is 1. The molecule has 3 heterocycles. The monoisotopic (exact) mass is 445 g/mol. The van der Waals surface area contributed by atoms with Crippen molar-refractivity contribution in [2.24, 2.45) is 0 Å². The number of fused-ring (bicyclic) bond motifs is 1. The van der Waals surface area contributed by atoms with Crippen LogP contribution in [0.2, 0.25) is 0 Å². The Balaban J connectivity index is 1.35. The van der Waals surface area contributed by atoms with Gasteiger partial charge in [-0.05, 0) is 49.4 Å². The third kappa shape index (κ3) is 4.34. The van der Waals surface area contributed by atoms with Crippen molar-refractivity contribution in [3.05, 3.63) is 47.1 Å². The first kappa shape index (κ1) is 21.2. The summed E-state index contributed by atoms with van der Waals surface area (Å²) in [6.45, 7) is 9.37. The molecule has 1 aliphatic rings. The lowest BCUT2D eigenvalue weighted by Crippen LogP contribution is -2.50. The van der Waals surface area contributed by atoms with E-state index < -0.39 is 10.0 Å². The number of rotatable bonds is 6. The molecule has 7 nitrogen and oxygen atoms in total. The van der Waals surface area contributed by atoms with Gasteiger partial charge in [0.25, 0.3) is 0 Å². The molecule has 9 heteroatoms. The van der Waals surface area contributed by atoms with Crippen molar-refractivity contribution in [2.45, 2.75) is 31.7 Å². The molecule has 0 unspecified atom stereocenters. The molecule has 1 N–H and O–H groups in total. The van der Waals surface area contributed by atoms with Gasteiger partial charge in [-0.25, -0.2) is 18.4 Å². The Morgan fingerprint density at radius 3 is 2.67 bits per heavy atom. The molecule has 4 rings (SSSR count). The van der Waals surface area contributed by atoms with Crippen molar-refractivity contribution < 1.29 is 8.42 Å². The van der Waals surface area contributed by atoms with E-state index in [1.54, 1.807) is 40.2 Å². The lowest BCUT2D eigenvalue weighted by atomic mass is 10.2. The maximum Gasteiger partial charge on any atom is 0.243 e. The number of hydrogen-bond donors (Lipinski definition) is 1. The Morgan fingerprint density at radius 1 is 1.17 bits per heavy atom. The van der Waals surface area contributed by atoms with Gasteiger partial charge in [0.1, 0.15) is 12.1 Å². The normalized spacial score (nSPS) is 17.3. The van der Waals surface area contributed by atoms with Gasteiger partial charge in [0.2, 0.25) is 10.0 Å². The van der Waals surface area contributed by atoms with Gasteiger partial charge in [0, 0.05) is 38.8 Å². The molecule has 0 radical (unpaired) electrons. The zero-order chi connectivity index (χ0) is 21.3. The van der Waals surface area contributed by atoms with Crippen LogP contribution in [0.3, 0.4) is 0 Å². The third-order valence-corrected chi connectivity index (χ3v) is 8.39. The minimum atomic E-state index is -3.43. The van der Waals surface area contributed by atoms with Crippen LogP contribution in [0.4, 0.5) is 5.82 Å². The number of hydrogen-bond acceptors (Lipinski definition) is 7. The number of nitrogens with zero attached hydrogens (tertiary/aromatic N) is 4. The number of aromatic nitrogens is 2. The zero-order valence-corrected chi connectivity index (χ0v) is 19.1. The molecule has 1 aromatic carbocycles. The standard InChI is InChI=1S/C21H27N5O2S2/c1-15-5-4-6-18(11-15)30(27,28)26-9-7-25(8-10-26)12-17(3)24-21-20-19(22-14-23-21)16(2)13-29-20/h4-6,11,13-14,17H,7-10,12H2,1-3H3,(H,22,23,24)/t17-/m0/s1. The molecular weight excluding hydrogens is 418 g/mol. The molecular formula is C21H27N5O2S2. The van der Waals surface area contributed by atoms with E-state index in [4.69, 9.17) is 0 Å². The van der Waals surface area contributed by atoms with Crippen molar-refractivity contribution in [1.29, 1.82) is 0 Å². The van der Waals surface area contributed by atoms with Crippen molar-refractivity contribution in [2.75, 3.05) is 38.0 Å². The number of thiophene rings is 1. The van der Waals surface area contributed by atoms with Crippen LogP contribution in [0.15, 0.2) is 40.9 Å². The molecule has 0 saturated carbocycles. The second kappa shape index (κ2) is 8.58. The summed E-state index contributed by atoms with van der Waals surface area (Å²) in [5.41, 5.74) is 3.12. The van der Waals surface area contributed by atoms with Crippen LogP contribution in [0, 0.1) is 13.8 Å². The van der Waals surface area contributed by atoms with E-state index in [0.29, 0.717) is 31.1 Å². The Morgan fingerprint density at radius 2 is 1.93 bits per heavy atom. The molecule has 1 atom stereocenters. The topological polar surface area (TPSA) is 78.4 Å². The summed E-state index contributed by atoms with van der Waals surface area (Å²) in [5.74, 6) is 0.867. The van der Waals surface area contributed by atoms with Gasteiger partial charge in [-0.2, -0.15) is 4.31 Å². The molecule has 0 bridgehead atoms. The fourth-order valence-corrected chi connectivity index (χ4v) is 6.30. The van der Waals surface area contributed by atoms with Gasteiger partial charge in [-0.15, -0.1) is 11.3 Å². The largest absolute Gasteiger partial charge is 0.365 e. The quantitative estimate of drug-likeness (QED) is 0.628. The molecule has 30 heavy (non-hydrogen) atoms. The third-order valence-electron chi connectivity index (χ3n) is 5.40. The highest BCUT2D eigenvalue weighted by atomic mass is 32.2. The molecule has 1 saturated heterocycles. The van der Waals surface area contributed by atoms with Crippen LogP contribution in [-0.4, -0.2) is 66.4 Å². The second-order valence-corrected chi connectivity index (χ2v) is 10.7. The number of anilines is 1. The Bertz CT molecular complexity index is 1140. The highest BCUT2D eigenvalue weighted by molar-refractivity contribution is 7.89. The van der Waals surface area contributed by atoms with Gasteiger partial charge in [0.05, 0.1) is 15.1 Å². The molecule has 0 aliphatic carbocycles. The minimum Gasteiger partial charge on any atom is -0.365 e. The fourth-order valence-electron chi connectivity index (χ4n) is 3.82. The first-order valence-electron chi connectivity index (χ1n) is 10.1. The highest BCUT2D eigenvalue weighted by Gasteiger charge is 2.29. The lowest BCUT2D eigenvalue weighted by molar-refractivity contribution is 0.184. The van der Waals surface area contributed by atoms with Gasteiger partial charge in [-0.1, -0.05) is 12.1 Å². The number of nitrogens with one attached hydrogen (secondary N) is 1. The van der Waals surface area contributed by atoms with Crippen LogP contribution in [0.1, 0.15) is 18.1 Å². The van der Waals surface area contributed by atoms with Crippen LogP contribution in [-0.2, 0) is 10.0 Å². The Hall–Kier alpha value is -2.07. The maximum atomic E-state index is 12.9. The summed E-state index contributed by atoms with van der Waals surface area (Å²) in [5, 5.41) is 5.61. The van der Waals surface area contributed by atoms with Crippen LogP contribution >= 0.6 is 11.3 Å². The maximum absolute atomic E-state index is 12.9. The summed E-state index contributed by atoms with van der Waals surface area (Å²) >= 11 is 1.66. The minimum absolute atomic E-state index is 0.186. The SMILES string of the molecule is Cc1cccc(S(=O)(=O)N2CCN(C[C@H](C)Nc3ncnc4c(C)csc34)CC2)c1. The van der Waals surface area contributed by atoms with E-state index >= 15 is 0 Å². The first-order valence-corrected chi connectivity index (χ1v) is 12.4. The van der Waals surface area contributed by atoms with Gasteiger partial charge >= 0.3 is 0 Å². The van der Waals surface area contributed by atoms with E-state index in [1.807, 2.05) is 13.0 Å². The van der Waals surface area contributed by atoms with E-state index in [-0.39, 0.29) is 6.04 Å². The smallest absolute Gasteiger partial charge is 0.243 e. The van der Waals surface area contributed by atoms with Gasteiger partial charge in [-0.3, -0.25) is 4.90 Å². The molecule has 1 fully saturated rings. The van der Waals surface area contributed by atoms with Crippen molar-refractivity contribution in [3.63, 3.8) is 0 Å². The van der Waals surface area contributed by atoms with Crippen molar-refractivity contribution in [3.8, 4) is 0 Å². The molecule has 0 amide bonds. The van der Waals surface area contributed by atoms with Crippen molar-refractivity contribution >= 4 is 37.4 Å². The van der Waals surface area contributed by atoms with E-state index in [9.17, 15) is 8.42 Å². The van der Waals surface area contributed by atoms with Crippen LogP contribution < -0.4 is 5.32 Å². The molecule has 1 aliphatic heterocycles. The molecule has 3 aromatic rings. The Labute approximate surface area is 181 Å². The summed E-state index contributed by atoms with van der Waals surface area (Å²) in [6, 6.07) is 7.31. The van der Waals surface area contributed by atoms with Crippen molar-refractivity contribution in [1.82, 2.24) is 19.2 Å². The summed E-state index contributed by atoms with van der Waals surface area (Å²) < 4.78 is 28.5. The number of sulfonamides is 1. The lowest BCUT2D eigenvalue weighted by Gasteiger charge is -2.35. The predicted octanol–water partition coefficient (Wildman–Crippen LogP) is 3.12. The average Bonchev–Trinajstić information content (AvgIpc) is 3.10. The van der Waals surface area contributed by atoms with E-state index in [2.05, 4.69) is 39.4 Å².